The van der Waals surface area contributed by atoms with Crippen LogP contribution in [0.25, 0.3) is 10.9 Å². The van der Waals surface area contributed by atoms with Gasteiger partial charge in [0.15, 0.2) is 17.5 Å². The van der Waals surface area contributed by atoms with E-state index in [1.54, 1.807) is 0 Å². The highest BCUT2D eigenvalue weighted by molar-refractivity contribution is 5.94. The summed E-state index contributed by atoms with van der Waals surface area (Å²) in [6.07, 6.45) is 3.44. The Balaban J connectivity index is 1.32. The molecule has 0 atom stereocenters. The molecule has 6 nitrogen and oxygen atoms in total. The predicted octanol–water partition coefficient (Wildman–Crippen LogP) is 4.51. The third-order valence-electron chi connectivity index (χ3n) is 6.02. The van der Waals surface area contributed by atoms with E-state index in [1.165, 1.54) is 0 Å². The Labute approximate surface area is 190 Å². The molecular formula is C24H26F3N5O. The first-order chi connectivity index (χ1) is 15.8. The SMILES string of the molecule is CN(C)c1nc(N[C@H]2CC[C@@H](CNC(=O)c3ccc(F)c(F)c3F)CC2)nc2ccccc12. The van der Waals surface area contributed by atoms with E-state index >= 15 is 0 Å². The van der Waals surface area contributed by atoms with Gasteiger partial charge in [-0.3, -0.25) is 4.79 Å². The monoisotopic (exact) mass is 457 g/mol. The number of aromatic nitrogens is 2. The number of benzene rings is 2. The molecule has 1 amide bonds. The number of carbonyl (C=O) groups is 1. The summed E-state index contributed by atoms with van der Waals surface area (Å²) in [5.41, 5.74) is 0.383. The van der Waals surface area contributed by atoms with Crippen molar-refractivity contribution >= 4 is 28.6 Å². The van der Waals surface area contributed by atoms with E-state index in [9.17, 15) is 18.0 Å². The minimum atomic E-state index is -1.64. The molecule has 4 rings (SSSR count). The van der Waals surface area contributed by atoms with Crippen LogP contribution >= 0.6 is 0 Å². The van der Waals surface area contributed by atoms with E-state index in [1.807, 2.05) is 43.3 Å². The van der Waals surface area contributed by atoms with Crippen LogP contribution in [0.4, 0.5) is 24.9 Å². The topological polar surface area (TPSA) is 70.2 Å². The second kappa shape index (κ2) is 9.64. The summed E-state index contributed by atoms with van der Waals surface area (Å²) in [7, 11) is 3.90. The molecule has 1 saturated carbocycles. The van der Waals surface area contributed by atoms with E-state index < -0.39 is 28.9 Å². The van der Waals surface area contributed by atoms with Gasteiger partial charge in [0.25, 0.3) is 5.91 Å². The Bertz CT molecular complexity index is 1160. The fourth-order valence-corrected chi connectivity index (χ4v) is 4.19. The quantitative estimate of drug-likeness (QED) is 0.533. The molecule has 3 aromatic rings. The van der Waals surface area contributed by atoms with Crippen molar-refractivity contribution in [1.82, 2.24) is 15.3 Å². The zero-order chi connectivity index (χ0) is 23.5. The lowest BCUT2D eigenvalue weighted by atomic mass is 9.86. The van der Waals surface area contributed by atoms with Crippen LogP contribution in [-0.2, 0) is 0 Å². The second-order valence-electron chi connectivity index (χ2n) is 8.58. The van der Waals surface area contributed by atoms with Gasteiger partial charge in [0.2, 0.25) is 5.95 Å². The van der Waals surface area contributed by atoms with Gasteiger partial charge in [-0.1, -0.05) is 12.1 Å². The van der Waals surface area contributed by atoms with Crippen molar-refractivity contribution in [3.63, 3.8) is 0 Å². The van der Waals surface area contributed by atoms with Crippen molar-refractivity contribution in [3.05, 3.63) is 59.4 Å². The van der Waals surface area contributed by atoms with Crippen LogP contribution in [0.1, 0.15) is 36.0 Å². The summed E-state index contributed by atoms with van der Waals surface area (Å²) in [5.74, 6) is -3.51. The number of para-hydroxylation sites is 1. The zero-order valence-electron chi connectivity index (χ0n) is 18.5. The Morgan fingerprint density at radius 2 is 1.73 bits per heavy atom. The van der Waals surface area contributed by atoms with E-state index in [0.717, 1.165) is 54.5 Å². The molecule has 0 radical (unpaired) electrons. The highest BCUT2D eigenvalue weighted by Crippen LogP contribution is 2.28. The number of hydrogen-bond acceptors (Lipinski definition) is 5. The van der Waals surface area contributed by atoms with Gasteiger partial charge < -0.3 is 15.5 Å². The zero-order valence-corrected chi connectivity index (χ0v) is 18.5. The molecule has 33 heavy (non-hydrogen) atoms. The summed E-state index contributed by atoms with van der Waals surface area (Å²) >= 11 is 0. The van der Waals surface area contributed by atoms with E-state index in [4.69, 9.17) is 0 Å². The Morgan fingerprint density at radius 1 is 1.00 bits per heavy atom. The average molecular weight is 458 g/mol. The normalized spacial score (nSPS) is 18.2. The molecular weight excluding hydrogens is 431 g/mol. The number of hydrogen-bond donors (Lipinski definition) is 2. The lowest BCUT2D eigenvalue weighted by Crippen LogP contribution is -2.34. The molecule has 0 unspecified atom stereocenters. The standard InChI is InChI=1S/C24H26F3N5O/c1-32(2)22-16-5-3-4-6-19(16)30-24(31-22)29-15-9-7-14(8-10-15)13-28-23(33)17-11-12-18(25)21(27)20(17)26/h3-6,11-12,14-15H,7-10,13H2,1-2H3,(H,28,33)(H,29,30,31)/t14-,15+. The average Bonchev–Trinajstić information content (AvgIpc) is 2.81. The number of fused-ring (bicyclic) bond motifs is 1. The Kier molecular flexibility index (Phi) is 6.67. The molecule has 0 spiro atoms. The maximum absolute atomic E-state index is 13.8. The summed E-state index contributed by atoms with van der Waals surface area (Å²) in [5, 5.41) is 7.07. The van der Waals surface area contributed by atoms with Crippen LogP contribution in [0.5, 0.6) is 0 Å². The third-order valence-corrected chi connectivity index (χ3v) is 6.02. The number of rotatable bonds is 6. The van der Waals surface area contributed by atoms with Gasteiger partial charge in [-0.15, -0.1) is 0 Å². The van der Waals surface area contributed by atoms with Crippen molar-refractivity contribution in [2.75, 3.05) is 30.9 Å². The fourth-order valence-electron chi connectivity index (χ4n) is 4.19. The Morgan fingerprint density at radius 3 is 2.45 bits per heavy atom. The van der Waals surface area contributed by atoms with Crippen molar-refractivity contribution in [2.24, 2.45) is 5.92 Å². The van der Waals surface area contributed by atoms with Crippen LogP contribution in [0, 0.1) is 23.4 Å². The van der Waals surface area contributed by atoms with Crippen molar-refractivity contribution in [3.8, 4) is 0 Å². The van der Waals surface area contributed by atoms with Gasteiger partial charge in [0.05, 0.1) is 11.1 Å². The number of halogens is 3. The number of anilines is 2. The molecule has 0 saturated heterocycles. The first-order valence-corrected chi connectivity index (χ1v) is 11.0. The molecule has 1 aromatic heterocycles. The number of carbonyl (C=O) groups excluding carboxylic acids is 1. The lowest BCUT2D eigenvalue weighted by molar-refractivity contribution is 0.0938. The number of amides is 1. The van der Waals surface area contributed by atoms with Crippen LogP contribution in [0.2, 0.25) is 0 Å². The largest absolute Gasteiger partial charge is 0.362 e. The Hall–Kier alpha value is -3.36. The second-order valence-corrected chi connectivity index (χ2v) is 8.58. The first kappa shape index (κ1) is 22.8. The predicted molar refractivity (Wildman–Crippen MR) is 122 cm³/mol. The molecule has 1 aliphatic rings. The van der Waals surface area contributed by atoms with Crippen LogP contribution in [0.15, 0.2) is 36.4 Å². The molecule has 1 aliphatic carbocycles. The van der Waals surface area contributed by atoms with E-state index in [-0.39, 0.29) is 12.0 Å². The van der Waals surface area contributed by atoms with E-state index in [2.05, 4.69) is 20.6 Å². The first-order valence-electron chi connectivity index (χ1n) is 11.0. The summed E-state index contributed by atoms with van der Waals surface area (Å²) in [4.78, 5) is 23.5. The van der Waals surface area contributed by atoms with Gasteiger partial charge in [-0.2, -0.15) is 4.98 Å². The molecule has 174 valence electrons. The lowest BCUT2D eigenvalue weighted by Gasteiger charge is -2.29. The molecule has 1 fully saturated rings. The highest BCUT2D eigenvalue weighted by Gasteiger charge is 2.24. The van der Waals surface area contributed by atoms with Gasteiger partial charge in [0, 0.05) is 32.1 Å². The molecule has 0 bridgehead atoms. The number of nitrogens with one attached hydrogen (secondary N) is 2. The van der Waals surface area contributed by atoms with Crippen LogP contribution in [0.3, 0.4) is 0 Å². The summed E-state index contributed by atoms with van der Waals surface area (Å²) in [6.45, 7) is 0.348. The molecule has 1 heterocycles. The summed E-state index contributed by atoms with van der Waals surface area (Å²) < 4.78 is 40.3. The van der Waals surface area contributed by atoms with Crippen LogP contribution < -0.4 is 15.5 Å². The smallest absolute Gasteiger partial charge is 0.254 e. The van der Waals surface area contributed by atoms with Gasteiger partial charge in [0.1, 0.15) is 5.82 Å². The molecule has 0 aliphatic heterocycles. The van der Waals surface area contributed by atoms with Crippen molar-refractivity contribution in [1.29, 1.82) is 0 Å². The van der Waals surface area contributed by atoms with Crippen molar-refractivity contribution < 1.29 is 18.0 Å². The van der Waals surface area contributed by atoms with E-state index in [0.29, 0.717) is 12.5 Å². The molecule has 2 aromatic carbocycles. The molecule has 9 heteroatoms. The maximum Gasteiger partial charge on any atom is 0.254 e. The van der Waals surface area contributed by atoms with Crippen molar-refractivity contribution in [2.45, 2.75) is 31.7 Å². The molecule has 2 N–H and O–H groups in total. The third kappa shape index (κ3) is 5.02. The number of nitrogens with zero attached hydrogens (tertiary/aromatic N) is 3. The minimum absolute atomic E-state index is 0.205. The van der Waals surface area contributed by atoms with Gasteiger partial charge in [-0.25, -0.2) is 18.2 Å². The maximum atomic E-state index is 13.8. The van der Waals surface area contributed by atoms with Crippen LogP contribution in [-0.4, -0.2) is 42.6 Å². The summed E-state index contributed by atoms with van der Waals surface area (Å²) in [6, 6.07) is 9.79. The highest BCUT2D eigenvalue weighted by atomic mass is 19.2. The minimum Gasteiger partial charge on any atom is -0.362 e. The van der Waals surface area contributed by atoms with Gasteiger partial charge in [-0.05, 0) is 55.9 Å². The fraction of sp³-hybridized carbons (Fsp3) is 0.375. The van der Waals surface area contributed by atoms with Gasteiger partial charge >= 0.3 is 0 Å².